The van der Waals surface area contributed by atoms with Crippen molar-refractivity contribution in [3.05, 3.63) is 18.2 Å². The van der Waals surface area contributed by atoms with E-state index >= 15 is 0 Å². The highest BCUT2D eigenvalue weighted by Gasteiger charge is 2.22. The van der Waals surface area contributed by atoms with Gasteiger partial charge in [0.1, 0.15) is 11.7 Å². The third kappa shape index (κ3) is 4.69. The van der Waals surface area contributed by atoms with Gasteiger partial charge in [0, 0.05) is 25.7 Å². The largest absolute Gasteiger partial charge is 0.480 e. The Bertz CT molecular complexity index is 499. The molecule has 9 heteroatoms. The molecule has 0 fully saturated rings. The maximum Gasteiger partial charge on any atom is 0.326 e. The minimum atomic E-state index is -1.24. The van der Waals surface area contributed by atoms with E-state index in [1.807, 2.05) is 0 Å². The fourth-order valence-electron chi connectivity index (χ4n) is 1.52. The number of carbonyl (C=O) groups excluding carboxylic acids is 2. The van der Waals surface area contributed by atoms with Crippen molar-refractivity contribution in [2.45, 2.75) is 25.4 Å². The topological polar surface area (TPSA) is 153 Å². The molecule has 0 bridgehead atoms. The molecule has 0 radical (unpaired) electrons. The first-order valence-electron chi connectivity index (χ1n) is 5.98. The van der Waals surface area contributed by atoms with Crippen LogP contribution < -0.4 is 16.8 Å². The van der Waals surface area contributed by atoms with Crippen LogP contribution >= 0.6 is 0 Å². The van der Waals surface area contributed by atoms with Gasteiger partial charge in [0.15, 0.2) is 0 Å². The summed E-state index contributed by atoms with van der Waals surface area (Å²) in [7, 11) is 0. The second-order valence-electron chi connectivity index (χ2n) is 4.15. The molecule has 0 aliphatic rings. The summed E-state index contributed by atoms with van der Waals surface area (Å²) in [4.78, 5) is 37.3. The molecule has 0 aliphatic carbocycles. The number of aromatic nitrogens is 2. The number of hydrogen-bond acceptors (Lipinski definition) is 5. The molecular weight excluding hydrogens is 266 g/mol. The van der Waals surface area contributed by atoms with Crippen LogP contribution in [-0.4, -0.2) is 45.0 Å². The van der Waals surface area contributed by atoms with Gasteiger partial charge in [0.2, 0.25) is 5.91 Å². The highest BCUT2D eigenvalue weighted by Crippen LogP contribution is 2.01. The molecule has 0 spiro atoms. The van der Waals surface area contributed by atoms with E-state index in [2.05, 4.69) is 10.3 Å². The fraction of sp³-hybridized carbons (Fsp3) is 0.455. The summed E-state index contributed by atoms with van der Waals surface area (Å²) >= 11 is 0. The number of hydrogen-bond donors (Lipinski definition) is 4. The van der Waals surface area contributed by atoms with Gasteiger partial charge >= 0.3 is 5.97 Å². The molecule has 2 amide bonds. The molecule has 0 aromatic carbocycles. The smallest absolute Gasteiger partial charge is 0.326 e. The number of nitrogens with zero attached hydrogens (tertiary/aromatic N) is 2. The van der Waals surface area contributed by atoms with Crippen molar-refractivity contribution >= 4 is 17.8 Å². The average molecular weight is 283 g/mol. The SMILES string of the molecule is NCCn1cnc(C(=O)N[C@H](CCC(N)=O)C(=O)O)c1. The van der Waals surface area contributed by atoms with Crippen molar-refractivity contribution in [1.29, 1.82) is 0 Å². The lowest BCUT2D eigenvalue weighted by Gasteiger charge is -2.12. The van der Waals surface area contributed by atoms with Crippen LogP contribution in [0, 0.1) is 0 Å². The molecule has 1 rings (SSSR count). The van der Waals surface area contributed by atoms with Crippen LogP contribution in [0.25, 0.3) is 0 Å². The van der Waals surface area contributed by atoms with Crippen LogP contribution in [0.4, 0.5) is 0 Å². The van der Waals surface area contributed by atoms with Crippen LogP contribution in [-0.2, 0) is 16.1 Å². The van der Waals surface area contributed by atoms with Gasteiger partial charge in [-0.15, -0.1) is 0 Å². The number of carboxylic acids is 1. The molecule has 0 unspecified atom stereocenters. The molecule has 0 saturated carbocycles. The Kier molecular flexibility index (Phi) is 5.66. The molecule has 1 aromatic heterocycles. The summed E-state index contributed by atoms with van der Waals surface area (Å²) in [6.07, 6.45) is 2.70. The molecular formula is C11H17N5O4. The van der Waals surface area contributed by atoms with E-state index in [-0.39, 0.29) is 18.5 Å². The summed E-state index contributed by atoms with van der Waals surface area (Å²) in [5, 5.41) is 11.3. The molecule has 110 valence electrons. The predicted molar refractivity (Wildman–Crippen MR) is 68.6 cm³/mol. The van der Waals surface area contributed by atoms with E-state index in [1.54, 1.807) is 4.57 Å². The summed E-state index contributed by atoms with van der Waals surface area (Å²) in [5.41, 5.74) is 10.4. The van der Waals surface area contributed by atoms with Crippen molar-refractivity contribution in [3.63, 3.8) is 0 Å². The number of nitrogens with two attached hydrogens (primary N) is 2. The quantitative estimate of drug-likeness (QED) is 0.445. The fourth-order valence-corrected chi connectivity index (χ4v) is 1.52. The second kappa shape index (κ2) is 7.24. The number of aliphatic carboxylic acids is 1. The average Bonchev–Trinajstić information content (AvgIpc) is 2.82. The third-order valence-electron chi connectivity index (χ3n) is 2.54. The lowest BCUT2D eigenvalue weighted by Crippen LogP contribution is -2.41. The van der Waals surface area contributed by atoms with Gasteiger partial charge in [-0.25, -0.2) is 9.78 Å². The van der Waals surface area contributed by atoms with Crippen molar-refractivity contribution in [2.75, 3.05) is 6.54 Å². The zero-order valence-corrected chi connectivity index (χ0v) is 10.8. The van der Waals surface area contributed by atoms with E-state index in [0.29, 0.717) is 13.1 Å². The summed E-state index contributed by atoms with van der Waals surface area (Å²) in [5.74, 6) is -2.49. The van der Waals surface area contributed by atoms with Crippen LogP contribution in [0.3, 0.4) is 0 Å². The van der Waals surface area contributed by atoms with Gasteiger partial charge in [-0.1, -0.05) is 0 Å². The minimum absolute atomic E-state index is 0.0695. The normalized spacial score (nSPS) is 11.8. The van der Waals surface area contributed by atoms with Crippen LogP contribution in [0.15, 0.2) is 12.5 Å². The van der Waals surface area contributed by atoms with Gasteiger partial charge < -0.3 is 26.5 Å². The van der Waals surface area contributed by atoms with Crippen LogP contribution in [0.5, 0.6) is 0 Å². The molecule has 6 N–H and O–H groups in total. The Morgan fingerprint density at radius 3 is 2.70 bits per heavy atom. The Morgan fingerprint density at radius 2 is 2.15 bits per heavy atom. The number of imidazole rings is 1. The van der Waals surface area contributed by atoms with Crippen molar-refractivity contribution in [2.24, 2.45) is 11.5 Å². The van der Waals surface area contributed by atoms with E-state index in [4.69, 9.17) is 16.6 Å². The number of rotatable bonds is 8. The first-order chi connectivity index (χ1) is 9.43. The van der Waals surface area contributed by atoms with Gasteiger partial charge in [-0.05, 0) is 6.42 Å². The van der Waals surface area contributed by atoms with E-state index in [0.717, 1.165) is 0 Å². The first kappa shape index (κ1) is 15.6. The third-order valence-corrected chi connectivity index (χ3v) is 2.54. The van der Waals surface area contributed by atoms with E-state index < -0.39 is 23.8 Å². The highest BCUT2D eigenvalue weighted by molar-refractivity contribution is 5.94. The predicted octanol–water partition coefficient (Wildman–Crippen LogP) is -1.71. The van der Waals surface area contributed by atoms with Crippen LogP contribution in [0.2, 0.25) is 0 Å². The second-order valence-corrected chi connectivity index (χ2v) is 4.15. The summed E-state index contributed by atoms with van der Waals surface area (Å²) in [6.45, 7) is 0.901. The van der Waals surface area contributed by atoms with Crippen molar-refractivity contribution in [3.8, 4) is 0 Å². The van der Waals surface area contributed by atoms with Crippen LogP contribution in [0.1, 0.15) is 23.3 Å². The molecule has 1 atom stereocenters. The van der Waals surface area contributed by atoms with Crippen molar-refractivity contribution in [1.82, 2.24) is 14.9 Å². The zero-order valence-electron chi connectivity index (χ0n) is 10.8. The summed E-state index contributed by atoms with van der Waals surface area (Å²) in [6, 6.07) is -1.19. The number of nitrogens with one attached hydrogen (secondary N) is 1. The Labute approximate surface area is 114 Å². The standard InChI is InChI=1S/C11H17N5O4/c12-3-4-16-5-8(14-6-16)10(18)15-7(11(19)20)1-2-9(13)17/h5-7H,1-4,12H2,(H2,13,17)(H,15,18)(H,19,20)/t7-/m1/s1. The lowest BCUT2D eigenvalue weighted by atomic mass is 10.1. The monoisotopic (exact) mass is 283 g/mol. The number of carbonyl (C=O) groups is 3. The molecule has 0 aliphatic heterocycles. The van der Waals surface area contributed by atoms with E-state index in [1.165, 1.54) is 12.5 Å². The van der Waals surface area contributed by atoms with Gasteiger partial charge in [0.25, 0.3) is 5.91 Å². The molecule has 20 heavy (non-hydrogen) atoms. The Morgan fingerprint density at radius 1 is 1.45 bits per heavy atom. The molecule has 1 aromatic rings. The molecule has 1 heterocycles. The minimum Gasteiger partial charge on any atom is -0.480 e. The Balaban J connectivity index is 2.64. The van der Waals surface area contributed by atoms with Gasteiger partial charge in [-0.2, -0.15) is 0 Å². The molecule has 9 nitrogen and oxygen atoms in total. The lowest BCUT2D eigenvalue weighted by molar-refractivity contribution is -0.139. The van der Waals surface area contributed by atoms with E-state index in [9.17, 15) is 14.4 Å². The maximum atomic E-state index is 11.8. The highest BCUT2D eigenvalue weighted by atomic mass is 16.4. The Hall–Kier alpha value is -2.42. The first-order valence-corrected chi connectivity index (χ1v) is 5.98. The number of primary amides is 1. The van der Waals surface area contributed by atoms with Gasteiger partial charge in [-0.3, -0.25) is 9.59 Å². The zero-order chi connectivity index (χ0) is 15.1. The van der Waals surface area contributed by atoms with Crippen molar-refractivity contribution < 1.29 is 19.5 Å². The number of amides is 2. The summed E-state index contributed by atoms with van der Waals surface area (Å²) < 4.78 is 1.62. The maximum absolute atomic E-state index is 11.8. The van der Waals surface area contributed by atoms with Gasteiger partial charge in [0.05, 0.1) is 6.33 Å². The number of carboxylic acid groups (broad SMARTS) is 1. The molecule has 0 saturated heterocycles.